The molecule has 1 unspecified atom stereocenters. The van der Waals surface area contributed by atoms with Gasteiger partial charge in [0.25, 0.3) is 11.8 Å². The highest BCUT2D eigenvalue weighted by atomic mass is 35.5. The van der Waals surface area contributed by atoms with Gasteiger partial charge in [-0.1, -0.05) is 71.3 Å². The van der Waals surface area contributed by atoms with Gasteiger partial charge in [0, 0.05) is 5.02 Å². The van der Waals surface area contributed by atoms with Gasteiger partial charge >= 0.3 is 5.97 Å². The second-order valence-electron chi connectivity index (χ2n) is 6.65. The van der Waals surface area contributed by atoms with Crippen LogP contribution < -0.4 is 0 Å². The summed E-state index contributed by atoms with van der Waals surface area (Å²) in [4.78, 5) is 43.3. The maximum atomic E-state index is 13.0. The molecule has 0 radical (unpaired) electrons. The summed E-state index contributed by atoms with van der Waals surface area (Å²) in [6.07, 6.45) is 0.336. The van der Waals surface area contributed by atoms with Gasteiger partial charge in [0.05, 0.1) is 17.0 Å². The second kappa shape index (κ2) is 7.89. The molecule has 1 heterocycles. The van der Waals surface area contributed by atoms with E-state index in [9.17, 15) is 14.4 Å². The number of benzene rings is 3. The van der Waals surface area contributed by atoms with Crippen LogP contribution in [0.15, 0.2) is 78.9 Å². The van der Waals surface area contributed by atoms with E-state index in [4.69, 9.17) is 16.4 Å². The Kier molecular flexibility index (Phi) is 5.14. The standard InChI is InChI=1S/C23H16ClNO4/c24-17-12-10-15(11-13-17)14-20(16-6-2-1-3-7-16)23(28)29-25-21(26)18-8-4-5-9-19(18)22(25)27/h1-13,20H,14H2. The average molecular weight is 406 g/mol. The van der Waals surface area contributed by atoms with E-state index in [1.807, 2.05) is 42.5 Å². The molecule has 6 heteroatoms. The van der Waals surface area contributed by atoms with Crippen LogP contribution in [0, 0.1) is 0 Å². The van der Waals surface area contributed by atoms with Crippen molar-refractivity contribution in [1.82, 2.24) is 5.06 Å². The quantitative estimate of drug-likeness (QED) is 0.589. The molecule has 5 nitrogen and oxygen atoms in total. The number of hydrogen-bond donors (Lipinski definition) is 0. The van der Waals surface area contributed by atoms with E-state index >= 15 is 0 Å². The highest BCUT2D eigenvalue weighted by Gasteiger charge is 2.40. The van der Waals surface area contributed by atoms with E-state index in [-0.39, 0.29) is 11.1 Å². The van der Waals surface area contributed by atoms with Crippen LogP contribution in [0.25, 0.3) is 0 Å². The third-order valence-electron chi connectivity index (χ3n) is 4.78. The first-order valence-corrected chi connectivity index (χ1v) is 9.41. The molecule has 2 amide bonds. The first kappa shape index (κ1) is 18.9. The topological polar surface area (TPSA) is 63.7 Å². The molecule has 0 bridgehead atoms. The van der Waals surface area contributed by atoms with Crippen molar-refractivity contribution in [2.24, 2.45) is 0 Å². The SMILES string of the molecule is O=C(ON1C(=O)c2ccccc2C1=O)C(Cc1ccc(Cl)cc1)c1ccccc1. The Balaban J connectivity index is 1.60. The van der Waals surface area contributed by atoms with Crippen molar-refractivity contribution in [3.8, 4) is 0 Å². The number of hydrogen-bond acceptors (Lipinski definition) is 4. The van der Waals surface area contributed by atoms with Crippen molar-refractivity contribution in [2.75, 3.05) is 0 Å². The zero-order valence-electron chi connectivity index (χ0n) is 15.2. The highest BCUT2D eigenvalue weighted by molar-refractivity contribution is 6.30. The van der Waals surface area contributed by atoms with Crippen molar-refractivity contribution in [2.45, 2.75) is 12.3 Å². The molecular formula is C23H16ClNO4. The summed E-state index contributed by atoms with van der Waals surface area (Å²) < 4.78 is 0. The van der Waals surface area contributed by atoms with E-state index in [1.54, 1.807) is 24.3 Å². The number of rotatable bonds is 5. The predicted octanol–water partition coefficient (Wildman–Crippen LogP) is 4.42. The predicted molar refractivity (Wildman–Crippen MR) is 107 cm³/mol. The Bertz CT molecular complexity index is 1040. The Morgan fingerprint density at radius 2 is 1.38 bits per heavy atom. The lowest BCUT2D eigenvalue weighted by Gasteiger charge is -2.19. The molecule has 144 valence electrons. The Morgan fingerprint density at radius 3 is 1.97 bits per heavy atom. The summed E-state index contributed by atoms with van der Waals surface area (Å²) in [5, 5.41) is 1.14. The molecule has 1 atom stereocenters. The Hall–Kier alpha value is -3.44. The first-order chi connectivity index (χ1) is 14.0. The molecule has 3 aromatic rings. The van der Waals surface area contributed by atoms with Gasteiger partial charge in [-0.25, -0.2) is 4.79 Å². The van der Waals surface area contributed by atoms with Gasteiger partial charge in [-0.05, 0) is 41.8 Å². The molecule has 4 rings (SSSR count). The summed E-state index contributed by atoms with van der Waals surface area (Å²) >= 11 is 5.94. The van der Waals surface area contributed by atoms with E-state index < -0.39 is 23.7 Å². The summed E-state index contributed by atoms with van der Waals surface area (Å²) in [5.41, 5.74) is 2.05. The van der Waals surface area contributed by atoms with Crippen LogP contribution in [-0.4, -0.2) is 22.8 Å². The fourth-order valence-electron chi connectivity index (χ4n) is 3.28. The Morgan fingerprint density at radius 1 is 0.828 bits per heavy atom. The number of hydroxylamine groups is 2. The van der Waals surface area contributed by atoms with Gasteiger partial charge in [-0.2, -0.15) is 0 Å². The van der Waals surface area contributed by atoms with Crippen molar-refractivity contribution >= 4 is 29.4 Å². The first-order valence-electron chi connectivity index (χ1n) is 9.03. The molecule has 0 aromatic heterocycles. The maximum Gasteiger partial charge on any atom is 0.340 e. The van der Waals surface area contributed by atoms with Crippen molar-refractivity contribution < 1.29 is 19.2 Å². The molecule has 0 saturated heterocycles. The van der Waals surface area contributed by atoms with Crippen molar-refractivity contribution in [1.29, 1.82) is 0 Å². The molecule has 0 fully saturated rings. The van der Waals surface area contributed by atoms with Crippen LogP contribution in [0.2, 0.25) is 5.02 Å². The zero-order valence-corrected chi connectivity index (χ0v) is 16.0. The fourth-order valence-corrected chi connectivity index (χ4v) is 3.41. The molecule has 0 aliphatic carbocycles. The number of amides is 2. The Labute approximate surface area is 172 Å². The number of carbonyl (C=O) groups excluding carboxylic acids is 3. The van der Waals surface area contributed by atoms with Crippen LogP contribution in [0.4, 0.5) is 0 Å². The van der Waals surface area contributed by atoms with Gasteiger partial charge < -0.3 is 4.84 Å². The molecule has 1 aliphatic rings. The average Bonchev–Trinajstić information content (AvgIpc) is 2.99. The zero-order chi connectivity index (χ0) is 20.4. The summed E-state index contributed by atoms with van der Waals surface area (Å²) in [6, 6.07) is 22.6. The lowest BCUT2D eigenvalue weighted by molar-refractivity contribution is -0.170. The lowest BCUT2D eigenvalue weighted by Crippen LogP contribution is -2.35. The summed E-state index contributed by atoms with van der Waals surface area (Å²) in [7, 11) is 0. The molecule has 0 saturated carbocycles. The number of fused-ring (bicyclic) bond motifs is 1. The van der Waals surface area contributed by atoms with Crippen molar-refractivity contribution in [3.63, 3.8) is 0 Å². The van der Waals surface area contributed by atoms with Gasteiger partial charge in [0.2, 0.25) is 0 Å². The largest absolute Gasteiger partial charge is 0.340 e. The highest BCUT2D eigenvalue weighted by Crippen LogP contribution is 2.27. The minimum absolute atomic E-state index is 0.222. The number of nitrogens with zero attached hydrogens (tertiary/aromatic N) is 1. The van der Waals surface area contributed by atoms with E-state index in [1.165, 1.54) is 12.1 Å². The minimum Gasteiger partial charge on any atom is -0.329 e. The third-order valence-corrected chi connectivity index (χ3v) is 5.03. The van der Waals surface area contributed by atoms with E-state index in [0.717, 1.165) is 11.1 Å². The number of halogens is 1. The van der Waals surface area contributed by atoms with Crippen LogP contribution >= 0.6 is 11.6 Å². The summed E-state index contributed by atoms with van der Waals surface area (Å²) in [5.74, 6) is -2.66. The number of imide groups is 1. The van der Waals surface area contributed by atoms with Gasteiger partial charge in [0.15, 0.2) is 0 Å². The lowest BCUT2D eigenvalue weighted by atomic mass is 9.92. The van der Waals surface area contributed by atoms with E-state index in [0.29, 0.717) is 16.5 Å². The van der Waals surface area contributed by atoms with Crippen LogP contribution in [-0.2, 0) is 16.1 Å². The van der Waals surface area contributed by atoms with Crippen LogP contribution in [0.5, 0.6) is 0 Å². The monoisotopic (exact) mass is 405 g/mol. The van der Waals surface area contributed by atoms with Gasteiger partial charge in [-0.15, -0.1) is 0 Å². The summed E-state index contributed by atoms with van der Waals surface area (Å²) in [6.45, 7) is 0. The van der Waals surface area contributed by atoms with Crippen LogP contribution in [0.1, 0.15) is 37.8 Å². The molecular weight excluding hydrogens is 390 g/mol. The van der Waals surface area contributed by atoms with E-state index in [2.05, 4.69) is 0 Å². The smallest absolute Gasteiger partial charge is 0.329 e. The third kappa shape index (κ3) is 3.77. The molecule has 0 spiro atoms. The fraction of sp³-hybridized carbons (Fsp3) is 0.0870. The maximum absolute atomic E-state index is 13.0. The van der Waals surface area contributed by atoms with Gasteiger partial charge in [0.1, 0.15) is 0 Å². The number of carbonyl (C=O) groups is 3. The van der Waals surface area contributed by atoms with Crippen LogP contribution in [0.3, 0.4) is 0 Å². The molecule has 0 N–H and O–H groups in total. The van der Waals surface area contributed by atoms with Gasteiger partial charge in [-0.3, -0.25) is 9.59 Å². The normalized spacial score (nSPS) is 13.9. The molecule has 3 aromatic carbocycles. The molecule has 1 aliphatic heterocycles. The second-order valence-corrected chi connectivity index (χ2v) is 7.09. The minimum atomic E-state index is -0.693. The van der Waals surface area contributed by atoms with Crippen molar-refractivity contribution in [3.05, 3.63) is 106 Å². The molecule has 29 heavy (non-hydrogen) atoms.